The van der Waals surface area contributed by atoms with E-state index in [0.717, 1.165) is 10.6 Å². The number of carbonyl (C=O) groups is 1. The number of hydrogen-bond donors (Lipinski definition) is 1. The Morgan fingerprint density at radius 1 is 1.16 bits per heavy atom. The van der Waals surface area contributed by atoms with Gasteiger partial charge >= 0.3 is 0 Å². The molecule has 2 aromatic heterocycles. The van der Waals surface area contributed by atoms with Crippen molar-refractivity contribution in [2.24, 2.45) is 7.05 Å². The van der Waals surface area contributed by atoms with Crippen molar-refractivity contribution in [3.63, 3.8) is 0 Å². The number of nitrogens with one attached hydrogen (secondary N) is 1. The minimum absolute atomic E-state index is 0.215. The Morgan fingerprint density at radius 2 is 1.84 bits per heavy atom. The minimum atomic E-state index is -0.242. The molecule has 0 saturated carbocycles. The topological polar surface area (TPSA) is 68.9 Å². The Morgan fingerprint density at radius 3 is 2.52 bits per heavy atom. The summed E-state index contributed by atoms with van der Waals surface area (Å²) in [6, 6.07) is 13.0. The molecule has 0 aliphatic heterocycles. The highest BCUT2D eigenvalue weighted by atomic mass is 32.2. The van der Waals surface area contributed by atoms with Gasteiger partial charge in [0.15, 0.2) is 0 Å². The number of benzene rings is 1. The van der Waals surface area contributed by atoms with Crippen LogP contribution in [-0.2, 0) is 11.8 Å². The monoisotopic (exact) mass is 354 g/mol. The quantitative estimate of drug-likeness (QED) is 0.715. The molecule has 1 N–H and O–H groups in total. The number of nitrogens with zero attached hydrogens (tertiary/aromatic N) is 3. The average molecular weight is 354 g/mol. The molecule has 25 heavy (non-hydrogen) atoms. The van der Waals surface area contributed by atoms with E-state index in [1.807, 2.05) is 49.4 Å². The molecule has 7 heteroatoms. The van der Waals surface area contributed by atoms with Crippen LogP contribution in [0.5, 0.6) is 0 Å². The third kappa shape index (κ3) is 3.66. The highest BCUT2D eigenvalue weighted by Crippen LogP contribution is 2.18. The van der Waals surface area contributed by atoms with Gasteiger partial charge in [-0.25, -0.2) is 4.68 Å². The summed E-state index contributed by atoms with van der Waals surface area (Å²) in [5.74, 6) is 0.0103. The van der Waals surface area contributed by atoms with Gasteiger partial charge in [-0.05, 0) is 31.2 Å². The first-order valence-electron chi connectivity index (χ1n) is 7.74. The minimum Gasteiger partial charge on any atom is -0.319 e. The molecule has 1 amide bonds. The second-order valence-corrected chi connectivity index (χ2v) is 6.51. The summed E-state index contributed by atoms with van der Waals surface area (Å²) < 4.78 is 3.28. The maximum atomic E-state index is 12.7. The van der Waals surface area contributed by atoms with Gasteiger partial charge in [0.05, 0.1) is 17.1 Å². The summed E-state index contributed by atoms with van der Waals surface area (Å²) in [6.45, 7) is 1.81. The van der Waals surface area contributed by atoms with Crippen LogP contribution in [0.3, 0.4) is 0 Å². The molecule has 0 fully saturated rings. The van der Waals surface area contributed by atoms with Gasteiger partial charge in [-0.15, -0.1) is 11.8 Å². The van der Waals surface area contributed by atoms with Crippen molar-refractivity contribution in [2.75, 3.05) is 11.1 Å². The Labute approximate surface area is 149 Å². The second-order valence-electron chi connectivity index (χ2n) is 5.46. The Kier molecular flexibility index (Phi) is 5.04. The van der Waals surface area contributed by atoms with Crippen molar-refractivity contribution in [1.82, 2.24) is 14.3 Å². The zero-order valence-electron chi connectivity index (χ0n) is 14.0. The van der Waals surface area contributed by atoms with Crippen molar-refractivity contribution < 1.29 is 4.79 Å². The lowest BCUT2D eigenvalue weighted by molar-refractivity contribution is -0.113. The lowest BCUT2D eigenvalue weighted by Crippen LogP contribution is -2.23. The van der Waals surface area contributed by atoms with Crippen LogP contribution in [0.4, 0.5) is 5.69 Å². The molecule has 0 bridgehead atoms. The standard InChI is InChI=1S/C18H18N4O2S/c1-13-17(20-16(23)12-25-15-8-10-19-11-9-15)18(24)22(21(13)2)14-6-4-3-5-7-14/h3-11H,12H2,1-2H3,(H,20,23). The molecule has 0 atom stereocenters. The fourth-order valence-electron chi connectivity index (χ4n) is 2.47. The van der Waals surface area contributed by atoms with Crippen LogP contribution in [0.1, 0.15) is 5.69 Å². The number of anilines is 1. The van der Waals surface area contributed by atoms with Gasteiger partial charge in [0.25, 0.3) is 5.56 Å². The molecule has 0 aliphatic carbocycles. The zero-order valence-corrected chi connectivity index (χ0v) is 14.8. The molecule has 0 aliphatic rings. The molecule has 0 radical (unpaired) electrons. The molecule has 1 aromatic carbocycles. The first-order valence-corrected chi connectivity index (χ1v) is 8.73. The maximum absolute atomic E-state index is 12.7. The van der Waals surface area contributed by atoms with E-state index in [1.165, 1.54) is 11.8 Å². The van der Waals surface area contributed by atoms with Gasteiger partial charge in [0, 0.05) is 24.3 Å². The van der Waals surface area contributed by atoms with E-state index in [1.54, 1.807) is 28.8 Å². The number of hydrogen-bond acceptors (Lipinski definition) is 4. The molecule has 0 spiro atoms. The number of thioether (sulfide) groups is 1. The maximum Gasteiger partial charge on any atom is 0.295 e. The van der Waals surface area contributed by atoms with E-state index in [0.29, 0.717) is 11.4 Å². The summed E-state index contributed by atoms with van der Waals surface area (Å²) in [6.07, 6.45) is 3.36. The van der Waals surface area contributed by atoms with Gasteiger partial charge < -0.3 is 5.32 Å². The van der Waals surface area contributed by atoms with E-state index in [2.05, 4.69) is 10.3 Å². The van der Waals surface area contributed by atoms with Crippen LogP contribution in [0, 0.1) is 6.92 Å². The number of pyridine rings is 1. The van der Waals surface area contributed by atoms with E-state index in [4.69, 9.17) is 0 Å². The molecular weight excluding hydrogens is 336 g/mol. The van der Waals surface area contributed by atoms with Gasteiger partial charge in [-0.1, -0.05) is 18.2 Å². The van der Waals surface area contributed by atoms with Crippen molar-refractivity contribution >= 4 is 23.4 Å². The van der Waals surface area contributed by atoms with E-state index in [9.17, 15) is 9.59 Å². The highest BCUT2D eigenvalue weighted by molar-refractivity contribution is 8.00. The Hall–Kier alpha value is -2.80. The third-order valence-corrected chi connectivity index (χ3v) is 4.85. The van der Waals surface area contributed by atoms with Gasteiger partial charge in [0.1, 0.15) is 5.69 Å². The molecule has 0 unspecified atom stereocenters. The summed E-state index contributed by atoms with van der Waals surface area (Å²) in [5, 5.41) is 2.75. The summed E-state index contributed by atoms with van der Waals surface area (Å²) in [4.78, 5) is 29.9. The average Bonchev–Trinajstić information content (AvgIpc) is 2.85. The Bertz CT molecular complexity index is 933. The van der Waals surface area contributed by atoms with Crippen LogP contribution >= 0.6 is 11.8 Å². The van der Waals surface area contributed by atoms with Gasteiger partial charge in [-0.3, -0.25) is 19.3 Å². The van der Waals surface area contributed by atoms with Crippen LogP contribution in [0.25, 0.3) is 5.69 Å². The van der Waals surface area contributed by atoms with Crippen molar-refractivity contribution in [3.05, 3.63) is 70.9 Å². The lowest BCUT2D eigenvalue weighted by Gasteiger charge is -2.07. The van der Waals surface area contributed by atoms with Crippen molar-refractivity contribution in [2.45, 2.75) is 11.8 Å². The highest BCUT2D eigenvalue weighted by Gasteiger charge is 2.18. The van der Waals surface area contributed by atoms with E-state index in [-0.39, 0.29) is 17.2 Å². The van der Waals surface area contributed by atoms with Crippen LogP contribution in [-0.4, -0.2) is 26.0 Å². The van der Waals surface area contributed by atoms with Gasteiger partial charge in [0.2, 0.25) is 5.91 Å². The van der Waals surface area contributed by atoms with Crippen molar-refractivity contribution in [3.8, 4) is 5.69 Å². The first kappa shape index (κ1) is 17.0. The molecule has 3 rings (SSSR count). The van der Waals surface area contributed by atoms with Gasteiger partial charge in [-0.2, -0.15) is 0 Å². The summed E-state index contributed by atoms with van der Waals surface area (Å²) in [7, 11) is 1.80. The molecule has 0 saturated heterocycles. The summed E-state index contributed by atoms with van der Waals surface area (Å²) >= 11 is 1.40. The zero-order chi connectivity index (χ0) is 17.8. The van der Waals surface area contributed by atoms with Crippen molar-refractivity contribution in [1.29, 1.82) is 0 Å². The fourth-order valence-corrected chi connectivity index (χ4v) is 3.16. The van der Waals surface area contributed by atoms with E-state index < -0.39 is 0 Å². The third-order valence-electron chi connectivity index (χ3n) is 3.84. The van der Waals surface area contributed by atoms with Crippen LogP contribution in [0.2, 0.25) is 0 Å². The Balaban J connectivity index is 1.79. The number of aromatic nitrogens is 3. The van der Waals surface area contributed by atoms with Crippen LogP contribution < -0.4 is 10.9 Å². The largest absolute Gasteiger partial charge is 0.319 e. The molecule has 3 aromatic rings. The molecule has 2 heterocycles. The number of rotatable bonds is 5. The second kappa shape index (κ2) is 7.40. The predicted molar refractivity (Wildman–Crippen MR) is 99.3 cm³/mol. The molecule has 128 valence electrons. The molecule has 6 nitrogen and oxygen atoms in total. The van der Waals surface area contributed by atoms with Crippen LogP contribution in [0.15, 0.2) is 64.5 Å². The molecular formula is C18H18N4O2S. The number of carbonyl (C=O) groups excluding carboxylic acids is 1. The lowest BCUT2D eigenvalue weighted by atomic mass is 10.3. The fraction of sp³-hybridized carbons (Fsp3) is 0.167. The first-order chi connectivity index (χ1) is 12.1. The number of para-hydroxylation sites is 1. The predicted octanol–water partition coefficient (Wildman–Crippen LogP) is 2.61. The number of amides is 1. The summed E-state index contributed by atoms with van der Waals surface area (Å²) in [5.41, 5.74) is 1.53. The smallest absolute Gasteiger partial charge is 0.295 e. The SMILES string of the molecule is Cc1c(NC(=O)CSc2ccncc2)c(=O)n(-c2ccccc2)n1C. The normalized spacial score (nSPS) is 10.6. The van der Waals surface area contributed by atoms with E-state index >= 15 is 0 Å².